The Balaban J connectivity index is 1.41. The number of nitrogens with two attached hydrogens (primary N) is 1. The number of ether oxygens (including phenoxy) is 1. The topological polar surface area (TPSA) is 104 Å². The van der Waals surface area contributed by atoms with Gasteiger partial charge in [-0.15, -0.1) is 5.10 Å². The lowest BCUT2D eigenvalue weighted by atomic mass is 10.1. The number of carbonyl (C=O) groups is 1. The minimum absolute atomic E-state index is 0.0480. The van der Waals surface area contributed by atoms with E-state index in [4.69, 9.17) is 22.1 Å². The molecule has 10 heteroatoms. The zero-order valence-corrected chi connectivity index (χ0v) is 18.4. The van der Waals surface area contributed by atoms with E-state index < -0.39 is 0 Å². The van der Waals surface area contributed by atoms with E-state index in [0.717, 1.165) is 22.6 Å². The molecule has 0 saturated carbocycles. The molecule has 3 aromatic heterocycles. The van der Waals surface area contributed by atoms with E-state index in [9.17, 15) is 4.79 Å². The number of anilines is 1. The van der Waals surface area contributed by atoms with E-state index in [1.165, 1.54) is 0 Å². The molecule has 2 N–H and O–H groups in total. The minimum Gasteiger partial charge on any atom is -0.467 e. The third-order valence-corrected chi connectivity index (χ3v) is 5.88. The number of amides is 1. The average Bonchev–Trinajstić information content (AvgIpc) is 3.45. The van der Waals surface area contributed by atoms with Crippen molar-refractivity contribution in [3.63, 3.8) is 0 Å². The standard InChI is InChI=1S/C22H22ClN7O2/c1-13(17-10-19(23)28(2)26-17)32-21-8-7-20-25-11-18(30(20)27-21)14-3-5-16(6-4-14)29-12-15(24)9-22(29)31/h3-8,10-11,13,15H,9,12,24H2,1-2H3/t13?,15-/m0/s1. The highest BCUT2D eigenvalue weighted by atomic mass is 35.5. The summed E-state index contributed by atoms with van der Waals surface area (Å²) in [6.07, 6.45) is 1.82. The lowest BCUT2D eigenvalue weighted by Gasteiger charge is -2.16. The summed E-state index contributed by atoms with van der Waals surface area (Å²) in [5.74, 6) is 0.492. The first-order chi connectivity index (χ1) is 15.4. The molecule has 1 unspecified atom stereocenters. The molecule has 1 aromatic carbocycles. The van der Waals surface area contributed by atoms with Crippen LogP contribution in [0.15, 0.2) is 48.7 Å². The summed E-state index contributed by atoms with van der Waals surface area (Å²) in [4.78, 5) is 18.3. The first-order valence-corrected chi connectivity index (χ1v) is 10.6. The third-order valence-electron chi connectivity index (χ3n) is 5.52. The van der Waals surface area contributed by atoms with Crippen LogP contribution in [0.3, 0.4) is 0 Å². The van der Waals surface area contributed by atoms with Crippen LogP contribution in [0.2, 0.25) is 5.15 Å². The zero-order chi connectivity index (χ0) is 22.4. The van der Waals surface area contributed by atoms with Gasteiger partial charge < -0.3 is 15.4 Å². The van der Waals surface area contributed by atoms with E-state index in [0.29, 0.717) is 29.6 Å². The first-order valence-electron chi connectivity index (χ1n) is 10.3. The third kappa shape index (κ3) is 3.69. The number of fused-ring (bicyclic) bond motifs is 1. The molecule has 32 heavy (non-hydrogen) atoms. The summed E-state index contributed by atoms with van der Waals surface area (Å²) >= 11 is 6.09. The van der Waals surface area contributed by atoms with Crippen LogP contribution in [-0.2, 0) is 11.8 Å². The molecule has 9 nitrogen and oxygen atoms in total. The molecule has 0 spiro atoms. The van der Waals surface area contributed by atoms with E-state index in [1.807, 2.05) is 37.3 Å². The number of hydrogen-bond donors (Lipinski definition) is 1. The molecule has 1 aliphatic rings. The summed E-state index contributed by atoms with van der Waals surface area (Å²) < 4.78 is 9.32. The van der Waals surface area contributed by atoms with Gasteiger partial charge >= 0.3 is 0 Å². The molecular weight excluding hydrogens is 430 g/mol. The molecule has 5 rings (SSSR count). The number of rotatable bonds is 5. The molecule has 0 radical (unpaired) electrons. The first kappa shape index (κ1) is 20.5. The Bertz CT molecular complexity index is 1280. The predicted molar refractivity (Wildman–Crippen MR) is 121 cm³/mol. The molecule has 1 aliphatic heterocycles. The zero-order valence-electron chi connectivity index (χ0n) is 17.6. The minimum atomic E-state index is -0.325. The van der Waals surface area contributed by atoms with Gasteiger partial charge in [0.2, 0.25) is 11.8 Å². The molecule has 4 heterocycles. The summed E-state index contributed by atoms with van der Waals surface area (Å²) in [5.41, 5.74) is 9.90. The van der Waals surface area contributed by atoms with Crippen LogP contribution in [0.5, 0.6) is 5.88 Å². The molecule has 2 atom stereocenters. The van der Waals surface area contributed by atoms with Gasteiger partial charge in [0.05, 0.1) is 11.9 Å². The molecule has 164 valence electrons. The summed E-state index contributed by atoms with van der Waals surface area (Å²) in [7, 11) is 1.78. The molecule has 1 fully saturated rings. The van der Waals surface area contributed by atoms with Crippen molar-refractivity contribution in [3.05, 3.63) is 59.5 Å². The van der Waals surface area contributed by atoms with Crippen molar-refractivity contribution in [2.45, 2.75) is 25.5 Å². The van der Waals surface area contributed by atoms with E-state index >= 15 is 0 Å². The Kier molecular flexibility index (Phi) is 5.07. The molecular formula is C22H22ClN7O2. The second-order valence-electron chi connectivity index (χ2n) is 7.88. The van der Waals surface area contributed by atoms with Crippen molar-refractivity contribution in [3.8, 4) is 17.1 Å². The fraction of sp³-hybridized carbons (Fsp3) is 0.273. The quantitative estimate of drug-likeness (QED) is 0.500. The fourth-order valence-corrected chi connectivity index (χ4v) is 3.97. The van der Waals surface area contributed by atoms with Crippen molar-refractivity contribution < 1.29 is 9.53 Å². The smallest absolute Gasteiger partial charge is 0.232 e. The second kappa shape index (κ2) is 7.92. The maximum atomic E-state index is 12.1. The van der Waals surface area contributed by atoms with Gasteiger partial charge in [0, 0.05) is 49.4 Å². The van der Waals surface area contributed by atoms with Crippen LogP contribution < -0.4 is 15.4 Å². The number of imidazole rings is 1. The van der Waals surface area contributed by atoms with Crippen LogP contribution in [0.1, 0.15) is 25.1 Å². The average molecular weight is 452 g/mol. The van der Waals surface area contributed by atoms with E-state index in [-0.39, 0.29) is 18.1 Å². The predicted octanol–water partition coefficient (Wildman–Crippen LogP) is 2.99. The van der Waals surface area contributed by atoms with Crippen LogP contribution in [-0.4, -0.2) is 42.9 Å². The Morgan fingerprint density at radius 3 is 2.62 bits per heavy atom. The maximum Gasteiger partial charge on any atom is 0.232 e. The van der Waals surface area contributed by atoms with E-state index in [1.54, 1.807) is 39.5 Å². The van der Waals surface area contributed by atoms with Crippen molar-refractivity contribution >= 4 is 28.8 Å². The van der Waals surface area contributed by atoms with Crippen LogP contribution in [0, 0.1) is 0 Å². The largest absolute Gasteiger partial charge is 0.467 e. The fourth-order valence-electron chi connectivity index (χ4n) is 3.82. The Labute approximate surface area is 189 Å². The summed E-state index contributed by atoms with van der Waals surface area (Å²) in [6, 6.07) is 13.0. The Morgan fingerprint density at radius 1 is 1.19 bits per heavy atom. The monoisotopic (exact) mass is 451 g/mol. The lowest BCUT2D eigenvalue weighted by Crippen LogP contribution is -2.27. The maximum absolute atomic E-state index is 12.1. The molecule has 1 amide bonds. The molecule has 4 aromatic rings. The highest BCUT2D eigenvalue weighted by molar-refractivity contribution is 6.29. The summed E-state index contributed by atoms with van der Waals surface area (Å²) in [6.45, 7) is 2.43. The molecule has 1 saturated heterocycles. The summed E-state index contributed by atoms with van der Waals surface area (Å²) in [5, 5.41) is 9.50. The van der Waals surface area contributed by atoms with Gasteiger partial charge in [0.25, 0.3) is 0 Å². The second-order valence-corrected chi connectivity index (χ2v) is 8.26. The van der Waals surface area contributed by atoms with E-state index in [2.05, 4.69) is 15.2 Å². The van der Waals surface area contributed by atoms with Crippen molar-refractivity contribution in [1.82, 2.24) is 24.4 Å². The van der Waals surface area contributed by atoms with Gasteiger partial charge in [-0.05, 0) is 25.1 Å². The highest BCUT2D eigenvalue weighted by Crippen LogP contribution is 2.27. The van der Waals surface area contributed by atoms with Crippen molar-refractivity contribution in [2.75, 3.05) is 11.4 Å². The Hall–Kier alpha value is -3.43. The van der Waals surface area contributed by atoms with Gasteiger partial charge in [0.1, 0.15) is 17.0 Å². The van der Waals surface area contributed by atoms with Gasteiger partial charge in [-0.2, -0.15) is 5.10 Å². The number of aryl methyl sites for hydroxylation is 1. The van der Waals surface area contributed by atoms with Gasteiger partial charge in [-0.3, -0.25) is 9.48 Å². The molecule has 0 bridgehead atoms. The van der Waals surface area contributed by atoms with Gasteiger partial charge in [-0.25, -0.2) is 9.50 Å². The number of benzene rings is 1. The van der Waals surface area contributed by atoms with Crippen LogP contribution >= 0.6 is 11.6 Å². The van der Waals surface area contributed by atoms with Gasteiger partial charge in [0.15, 0.2) is 5.65 Å². The normalized spacial score (nSPS) is 17.3. The number of hydrogen-bond acceptors (Lipinski definition) is 6. The number of carbonyl (C=O) groups excluding carboxylic acids is 1. The van der Waals surface area contributed by atoms with Crippen molar-refractivity contribution in [1.29, 1.82) is 0 Å². The number of halogens is 1. The number of aromatic nitrogens is 5. The van der Waals surface area contributed by atoms with Crippen LogP contribution in [0.25, 0.3) is 16.9 Å². The van der Waals surface area contributed by atoms with Crippen LogP contribution in [0.4, 0.5) is 5.69 Å². The van der Waals surface area contributed by atoms with Crippen molar-refractivity contribution in [2.24, 2.45) is 12.8 Å². The Morgan fingerprint density at radius 2 is 1.97 bits per heavy atom. The SMILES string of the molecule is CC(Oc1ccc2ncc(-c3ccc(N4C[C@@H](N)CC4=O)cc3)n2n1)c1cc(Cl)n(C)n1. The number of nitrogens with zero attached hydrogens (tertiary/aromatic N) is 6. The van der Waals surface area contributed by atoms with Gasteiger partial charge in [-0.1, -0.05) is 23.7 Å². The highest BCUT2D eigenvalue weighted by Gasteiger charge is 2.28. The molecule has 0 aliphatic carbocycles. The lowest BCUT2D eigenvalue weighted by molar-refractivity contribution is -0.117.